The molecule has 5 rings (SSSR count). The number of carbonyl (C=O) groups is 2. The van der Waals surface area contributed by atoms with Crippen LogP contribution < -0.4 is 0 Å². The summed E-state index contributed by atoms with van der Waals surface area (Å²) in [5.74, 6) is -0.0842. The van der Waals surface area contributed by atoms with Crippen molar-refractivity contribution in [1.82, 2.24) is 9.88 Å². The summed E-state index contributed by atoms with van der Waals surface area (Å²) in [6, 6.07) is 18.4. The first-order valence-electron chi connectivity index (χ1n) is 12.9. The Balaban J connectivity index is 1.38. The van der Waals surface area contributed by atoms with E-state index in [9.17, 15) is 9.59 Å². The monoisotopic (exact) mass is 480 g/mol. The Bertz CT molecular complexity index is 1310. The largest absolute Gasteiger partial charge is 0.481 e. The first-order chi connectivity index (χ1) is 17.6. The lowest BCUT2D eigenvalue weighted by molar-refractivity contribution is -0.137. The van der Waals surface area contributed by atoms with Gasteiger partial charge in [-0.3, -0.25) is 14.6 Å². The van der Waals surface area contributed by atoms with Gasteiger partial charge in [0.1, 0.15) is 0 Å². The van der Waals surface area contributed by atoms with E-state index in [1.807, 2.05) is 29.2 Å². The van der Waals surface area contributed by atoms with E-state index in [4.69, 9.17) is 10.1 Å². The predicted octanol–water partition coefficient (Wildman–Crippen LogP) is 6.26. The maximum atomic E-state index is 13.4. The molecule has 1 unspecified atom stereocenters. The van der Waals surface area contributed by atoms with Gasteiger partial charge in [-0.05, 0) is 67.5 Å². The molecule has 1 aromatic heterocycles. The Labute approximate surface area is 212 Å². The van der Waals surface area contributed by atoms with Crippen LogP contribution in [-0.2, 0) is 11.2 Å². The van der Waals surface area contributed by atoms with Gasteiger partial charge in [-0.25, -0.2) is 0 Å². The summed E-state index contributed by atoms with van der Waals surface area (Å²) in [6.07, 6.45) is 12.8. The number of amides is 1. The van der Waals surface area contributed by atoms with Crippen LogP contribution in [0.5, 0.6) is 0 Å². The summed E-state index contributed by atoms with van der Waals surface area (Å²) in [5.41, 5.74) is 5.09. The average Bonchev–Trinajstić information content (AvgIpc) is 3.41. The lowest BCUT2D eigenvalue weighted by atomic mass is 9.90. The van der Waals surface area contributed by atoms with Crippen LogP contribution in [0.3, 0.4) is 0 Å². The second-order valence-corrected chi connectivity index (χ2v) is 9.84. The Morgan fingerprint density at radius 2 is 1.89 bits per heavy atom. The minimum atomic E-state index is -0.758. The van der Waals surface area contributed by atoms with Crippen molar-refractivity contribution in [3.05, 3.63) is 101 Å². The fourth-order valence-corrected chi connectivity index (χ4v) is 5.39. The second-order valence-electron chi connectivity index (χ2n) is 9.84. The van der Waals surface area contributed by atoms with E-state index in [0.717, 1.165) is 60.9 Å². The molecule has 1 saturated heterocycles. The molecule has 1 fully saturated rings. The van der Waals surface area contributed by atoms with Crippen LogP contribution in [0, 0.1) is 0 Å². The standard InChI is InChI=1S/C31H32N2O3/c34-29(35)14-8-7-13-24-19-27-20-25(15-16-28(27)32-30(24)23-11-5-2-6-12-23)31(36)33-18-17-26(21-33)22-9-3-1-4-10-22/h1-6,9-11,15-16,19-20,23,26H,7-8,12-14,17-18,21H2,(H,34,35)/t23?,26-/m1/s1. The lowest BCUT2D eigenvalue weighted by Gasteiger charge is -2.19. The molecule has 184 valence electrons. The number of pyridine rings is 1. The molecule has 5 nitrogen and oxygen atoms in total. The Morgan fingerprint density at radius 1 is 1.03 bits per heavy atom. The number of allylic oxidation sites excluding steroid dienone is 4. The van der Waals surface area contributed by atoms with E-state index < -0.39 is 5.97 Å². The first-order valence-corrected chi connectivity index (χ1v) is 12.9. The van der Waals surface area contributed by atoms with Crippen molar-refractivity contribution in [1.29, 1.82) is 0 Å². The van der Waals surface area contributed by atoms with E-state index in [1.165, 1.54) is 5.56 Å². The highest BCUT2D eigenvalue weighted by Gasteiger charge is 2.28. The molecule has 3 aromatic rings. The molecule has 36 heavy (non-hydrogen) atoms. The zero-order valence-corrected chi connectivity index (χ0v) is 20.5. The Morgan fingerprint density at radius 3 is 2.67 bits per heavy atom. The lowest BCUT2D eigenvalue weighted by Crippen LogP contribution is -2.28. The number of carboxylic acid groups (broad SMARTS) is 1. The van der Waals surface area contributed by atoms with Gasteiger partial charge in [0.25, 0.3) is 5.91 Å². The third kappa shape index (κ3) is 5.40. The molecule has 5 heteroatoms. The maximum Gasteiger partial charge on any atom is 0.303 e. The summed E-state index contributed by atoms with van der Waals surface area (Å²) < 4.78 is 0. The molecule has 2 aliphatic rings. The van der Waals surface area contributed by atoms with Gasteiger partial charge in [0.2, 0.25) is 0 Å². The van der Waals surface area contributed by atoms with Crippen LogP contribution >= 0.6 is 0 Å². The summed E-state index contributed by atoms with van der Waals surface area (Å²) in [5, 5.41) is 9.96. The van der Waals surface area contributed by atoms with Gasteiger partial charge in [-0.2, -0.15) is 0 Å². The quantitative estimate of drug-likeness (QED) is 0.386. The highest BCUT2D eigenvalue weighted by molar-refractivity contribution is 5.98. The molecule has 1 N–H and O–H groups in total. The van der Waals surface area contributed by atoms with Gasteiger partial charge >= 0.3 is 5.97 Å². The number of fused-ring (bicyclic) bond motifs is 1. The van der Waals surface area contributed by atoms with Crippen LogP contribution in [0.1, 0.15) is 71.1 Å². The molecular formula is C31H32N2O3. The van der Waals surface area contributed by atoms with E-state index in [0.29, 0.717) is 17.9 Å². The molecule has 0 radical (unpaired) electrons. The predicted molar refractivity (Wildman–Crippen MR) is 142 cm³/mol. The fourth-order valence-electron chi connectivity index (χ4n) is 5.39. The molecule has 1 aliphatic carbocycles. The van der Waals surface area contributed by atoms with Crippen molar-refractivity contribution in [2.24, 2.45) is 0 Å². The number of nitrogens with zero attached hydrogens (tertiary/aromatic N) is 2. The number of aromatic nitrogens is 1. The number of benzene rings is 2. The fraction of sp³-hybridized carbons (Fsp3) is 0.323. The van der Waals surface area contributed by atoms with Crippen LogP contribution in [-0.4, -0.2) is 40.0 Å². The Kier molecular flexibility index (Phi) is 7.26. The van der Waals surface area contributed by atoms with E-state index in [1.54, 1.807) is 0 Å². The van der Waals surface area contributed by atoms with Gasteiger partial charge in [0, 0.05) is 42.3 Å². The topological polar surface area (TPSA) is 70.5 Å². The zero-order chi connectivity index (χ0) is 24.9. The van der Waals surface area contributed by atoms with Crippen molar-refractivity contribution in [3.8, 4) is 0 Å². The summed E-state index contributed by atoms with van der Waals surface area (Å²) in [4.78, 5) is 31.3. The number of unbranched alkanes of at least 4 members (excludes halogenated alkanes) is 1. The number of likely N-dealkylation sites (tertiary alicyclic amines) is 1. The normalized spacial score (nSPS) is 19.2. The molecule has 0 spiro atoms. The third-order valence-corrected chi connectivity index (χ3v) is 7.34. The summed E-state index contributed by atoms with van der Waals surface area (Å²) in [6.45, 7) is 1.51. The molecule has 1 amide bonds. The molecular weight excluding hydrogens is 448 g/mol. The number of rotatable bonds is 8. The van der Waals surface area contributed by atoms with Crippen LogP contribution in [0.2, 0.25) is 0 Å². The van der Waals surface area contributed by atoms with Crippen molar-refractivity contribution >= 4 is 22.8 Å². The van der Waals surface area contributed by atoms with Crippen LogP contribution in [0.25, 0.3) is 10.9 Å². The number of hydrogen-bond acceptors (Lipinski definition) is 3. The van der Waals surface area contributed by atoms with Gasteiger partial charge < -0.3 is 10.0 Å². The highest BCUT2D eigenvalue weighted by Crippen LogP contribution is 2.31. The number of hydrogen-bond donors (Lipinski definition) is 1. The van der Waals surface area contributed by atoms with Crippen molar-refractivity contribution < 1.29 is 14.7 Å². The number of carbonyl (C=O) groups excluding carboxylic acids is 1. The van der Waals surface area contributed by atoms with E-state index in [2.05, 4.69) is 54.6 Å². The molecule has 2 atom stereocenters. The van der Waals surface area contributed by atoms with Gasteiger partial charge in [-0.1, -0.05) is 54.6 Å². The smallest absolute Gasteiger partial charge is 0.303 e. The number of aryl methyl sites for hydroxylation is 1. The molecule has 0 saturated carbocycles. The number of aliphatic carboxylic acids is 1. The molecule has 2 heterocycles. The summed E-state index contributed by atoms with van der Waals surface area (Å²) in [7, 11) is 0. The average molecular weight is 481 g/mol. The first kappa shape index (κ1) is 24.0. The number of carboxylic acids is 1. The van der Waals surface area contributed by atoms with Crippen LogP contribution in [0.15, 0.2) is 78.9 Å². The van der Waals surface area contributed by atoms with Gasteiger partial charge in [0.15, 0.2) is 0 Å². The Hall–Kier alpha value is -3.73. The molecule has 0 bridgehead atoms. The van der Waals surface area contributed by atoms with Crippen molar-refractivity contribution in [2.45, 2.75) is 50.4 Å². The van der Waals surface area contributed by atoms with Crippen LogP contribution in [0.4, 0.5) is 0 Å². The third-order valence-electron chi connectivity index (χ3n) is 7.34. The zero-order valence-electron chi connectivity index (χ0n) is 20.5. The van der Waals surface area contributed by atoms with Crippen molar-refractivity contribution in [2.75, 3.05) is 13.1 Å². The molecule has 1 aliphatic heterocycles. The minimum Gasteiger partial charge on any atom is -0.481 e. The summed E-state index contributed by atoms with van der Waals surface area (Å²) >= 11 is 0. The maximum absolute atomic E-state index is 13.4. The second kappa shape index (κ2) is 10.9. The highest BCUT2D eigenvalue weighted by atomic mass is 16.4. The van der Waals surface area contributed by atoms with Gasteiger partial charge in [-0.15, -0.1) is 0 Å². The van der Waals surface area contributed by atoms with E-state index in [-0.39, 0.29) is 18.2 Å². The van der Waals surface area contributed by atoms with Crippen molar-refractivity contribution in [3.63, 3.8) is 0 Å². The SMILES string of the molecule is O=C(O)CCCCc1cc2cc(C(=O)N3CC[C@@H](c4ccccc4)C3)ccc2nc1C1C=CC=CC1. The van der Waals surface area contributed by atoms with E-state index >= 15 is 0 Å². The van der Waals surface area contributed by atoms with Gasteiger partial charge in [0.05, 0.1) is 11.2 Å². The molecule has 2 aromatic carbocycles. The minimum absolute atomic E-state index is 0.0720.